The minimum Gasteiger partial charge on any atom is -0.351 e. The Morgan fingerprint density at radius 1 is 1.11 bits per heavy atom. The first kappa shape index (κ1) is 17.6. The number of aromatic nitrogens is 5. The van der Waals surface area contributed by atoms with Gasteiger partial charge in [0.2, 0.25) is 5.91 Å². The van der Waals surface area contributed by atoms with Gasteiger partial charge in [-0.2, -0.15) is 4.68 Å². The maximum Gasteiger partial charge on any atom is 0.223 e. The monoisotopic (exact) mass is 389 g/mol. The van der Waals surface area contributed by atoms with Gasteiger partial charge in [0.15, 0.2) is 17.0 Å². The summed E-state index contributed by atoms with van der Waals surface area (Å²) in [7, 11) is 0. The van der Waals surface area contributed by atoms with E-state index in [-0.39, 0.29) is 11.7 Å². The highest BCUT2D eigenvalue weighted by atomic mass is 35.5. The Bertz CT molecular complexity index is 954. The van der Waals surface area contributed by atoms with Crippen LogP contribution in [0, 0.1) is 5.82 Å². The predicted octanol–water partition coefficient (Wildman–Crippen LogP) is 1.63. The fraction of sp³-hybridized carbons (Fsp3) is 0.353. The number of alkyl halides is 1. The third kappa shape index (κ3) is 3.42. The maximum absolute atomic E-state index is 13.2. The van der Waals surface area contributed by atoms with Gasteiger partial charge in [0.05, 0.1) is 5.69 Å². The van der Waals surface area contributed by atoms with E-state index < -0.39 is 0 Å². The Morgan fingerprint density at radius 3 is 2.56 bits per heavy atom. The van der Waals surface area contributed by atoms with Crippen LogP contribution < -0.4 is 4.90 Å². The minimum atomic E-state index is -0.319. The molecule has 0 aliphatic carbocycles. The molecule has 1 saturated heterocycles. The lowest BCUT2D eigenvalue weighted by atomic mass is 10.2. The highest BCUT2D eigenvalue weighted by Crippen LogP contribution is 2.23. The van der Waals surface area contributed by atoms with Crippen molar-refractivity contribution in [1.29, 1.82) is 0 Å². The Morgan fingerprint density at radius 2 is 1.85 bits per heavy atom. The second-order valence-electron chi connectivity index (χ2n) is 6.15. The second-order valence-corrected chi connectivity index (χ2v) is 6.53. The van der Waals surface area contributed by atoms with Crippen molar-refractivity contribution in [3.8, 4) is 5.69 Å². The molecule has 3 aromatic rings. The van der Waals surface area contributed by atoms with Crippen LogP contribution >= 0.6 is 11.6 Å². The molecule has 0 saturated carbocycles. The number of nitrogens with zero attached hydrogens (tertiary/aromatic N) is 7. The number of hydrogen-bond acceptors (Lipinski definition) is 6. The first-order valence-electron chi connectivity index (χ1n) is 8.58. The molecule has 1 amide bonds. The summed E-state index contributed by atoms with van der Waals surface area (Å²) in [5.41, 5.74) is 1.79. The van der Waals surface area contributed by atoms with E-state index in [1.165, 1.54) is 18.5 Å². The first-order chi connectivity index (χ1) is 13.2. The van der Waals surface area contributed by atoms with Crippen LogP contribution in [0.25, 0.3) is 16.9 Å². The highest BCUT2D eigenvalue weighted by Gasteiger charge is 2.24. The van der Waals surface area contributed by atoms with Crippen molar-refractivity contribution < 1.29 is 9.18 Å². The number of piperazine rings is 1. The molecule has 1 aliphatic rings. The number of halogens is 2. The van der Waals surface area contributed by atoms with Crippen LogP contribution in [0.15, 0.2) is 30.6 Å². The summed E-state index contributed by atoms with van der Waals surface area (Å²) in [6, 6.07) is 5.96. The van der Waals surface area contributed by atoms with Gasteiger partial charge in [-0.1, -0.05) is 5.21 Å². The zero-order valence-electron chi connectivity index (χ0n) is 14.4. The van der Waals surface area contributed by atoms with E-state index in [9.17, 15) is 9.18 Å². The molecule has 10 heteroatoms. The molecule has 8 nitrogen and oxygen atoms in total. The van der Waals surface area contributed by atoms with Crippen LogP contribution in [-0.2, 0) is 4.79 Å². The molecule has 1 aliphatic heterocycles. The van der Waals surface area contributed by atoms with E-state index in [0.29, 0.717) is 61.1 Å². The Kier molecular flexibility index (Phi) is 4.85. The summed E-state index contributed by atoms with van der Waals surface area (Å²) in [6.45, 7) is 2.49. The molecule has 1 fully saturated rings. The second kappa shape index (κ2) is 7.43. The van der Waals surface area contributed by atoms with Gasteiger partial charge >= 0.3 is 0 Å². The van der Waals surface area contributed by atoms with Crippen molar-refractivity contribution in [1.82, 2.24) is 29.9 Å². The quantitative estimate of drug-likeness (QED) is 0.631. The number of fused-ring (bicyclic) bond motifs is 1. The van der Waals surface area contributed by atoms with Crippen molar-refractivity contribution in [2.75, 3.05) is 37.0 Å². The molecule has 2 aromatic heterocycles. The Labute approximate surface area is 159 Å². The standard InChI is InChI=1S/C17H17ClFN7O/c18-6-5-14(27)24-7-9-25(10-8-24)16-15-17(21-11-20-16)26(23-22-15)13-3-1-12(19)2-4-13/h1-4,11H,5-10H2. The SMILES string of the molecule is O=C(CCCl)N1CCN(c2ncnc3c2nnn3-c2ccc(F)cc2)CC1. The summed E-state index contributed by atoms with van der Waals surface area (Å²) in [5, 5.41) is 8.38. The molecule has 0 radical (unpaired) electrons. The lowest BCUT2D eigenvalue weighted by Crippen LogP contribution is -2.49. The zero-order chi connectivity index (χ0) is 18.8. The van der Waals surface area contributed by atoms with Crippen molar-refractivity contribution in [2.24, 2.45) is 0 Å². The summed E-state index contributed by atoms with van der Waals surface area (Å²) < 4.78 is 14.7. The molecule has 3 heterocycles. The van der Waals surface area contributed by atoms with E-state index in [1.807, 2.05) is 4.90 Å². The number of hydrogen-bond donors (Lipinski definition) is 0. The molecule has 0 unspecified atom stereocenters. The lowest BCUT2D eigenvalue weighted by molar-refractivity contribution is -0.131. The molecule has 0 N–H and O–H groups in total. The predicted molar refractivity (Wildman–Crippen MR) is 98.5 cm³/mol. The van der Waals surface area contributed by atoms with E-state index in [0.717, 1.165) is 0 Å². The summed E-state index contributed by atoms with van der Waals surface area (Å²) in [5.74, 6) is 0.760. The maximum atomic E-state index is 13.2. The summed E-state index contributed by atoms with van der Waals surface area (Å²) in [6.07, 6.45) is 1.82. The van der Waals surface area contributed by atoms with Crippen molar-refractivity contribution in [3.05, 3.63) is 36.4 Å². The average Bonchev–Trinajstić information content (AvgIpc) is 3.13. The first-order valence-corrected chi connectivity index (χ1v) is 9.12. The highest BCUT2D eigenvalue weighted by molar-refractivity contribution is 6.18. The number of rotatable bonds is 4. The van der Waals surface area contributed by atoms with Crippen LogP contribution in [0.2, 0.25) is 0 Å². The van der Waals surface area contributed by atoms with Crippen molar-refractivity contribution in [2.45, 2.75) is 6.42 Å². The third-order valence-corrected chi connectivity index (χ3v) is 4.72. The van der Waals surface area contributed by atoms with E-state index in [1.54, 1.807) is 16.8 Å². The largest absolute Gasteiger partial charge is 0.351 e. The topological polar surface area (TPSA) is 80.0 Å². The Hall–Kier alpha value is -2.81. The molecule has 140 valence electrons. The van der Waals surface area contributed by atoms with Crippen LogP contribution in [0.1, 0.15) is 6.42 Å². The van der Waals surface area contributed by atoms with Gasteiger partial charge in [-0.3, -0.25) is 4.79 Å². The third-order valence-electron chi connectivity index (χ3n) is 4.53. The van der Waals surface area contributed by atoms with Gasteiger partial charge < -0.3 is 9.80 Å². The van der Waals surface area contributed by atoms with Gasteiger partial charge in [-0.05, 0) is 24.3 Å². The summed E-state index contributed by atoms with van der Waals surface area (Å²) in [4.78, 5) is 24.5. The van der Waals surface area contributed by atoms with E-state index in [4.69, 9.17) is 11.6 Å². The van der Waals surface area contributed by atoms with Crippen molar-refractivity contribution in [3.63, 3.8) is 0 Å². The zero-order valence-corrected chi connectivity index (χ0v) is 15.2. The van der Waals surface area contributed by atoms with Gasteiger partial charge in [-0.25, -0.2) is 14.4 Å². The van der Waals surface area contributed by atoms with Crippen molar-refractivity contribution >= 4 is 34.5 Å². The number of anilines is 1. The van der Waals surface area contributed by atoms with Crippen LogP contribution in [0.4, 0.5) is 10.2 Å². The fourth-order valence-electron chi connectivity index (χ4n) is 3.13. The number of carbonyl (C=O) groups is 1. The molecule has 1 aromatic carbocycles. The van der Waals surface area contributed by atoms with Gasteiger partial charge in [-0.15, -0.1) is 16.7 Å². The van der Waals surface area contributed by atoms with Gasteiger partial charge in [0, 0.05) is 38.5 Å². The normalized spacial score (nSPS) is 14.7. The molecular formula is C17H17ClFN7O. The molecule has 0 spiro atoms. The summed E-state index contributed by atoms with van der Waals surface area (Å²) >= 11 is 5.65. The van der Waals surface area contributed by atoms with Crippen LogP contribution in [0.5, 0.6) is 0 Å². The molecule has 27 heavy (non-hydrogen) atoms. The van der Waals surface area contributed by atoms with E-state index in [2.05, 4.69) is 25.2 Å². The van der Waals surface area contributed by atoms with E-state index >= 15 is 0 Å². The minimum absolute atomic E-state index is 0.0692. The molecular weight excluding hydrogens is 373 g/mol. The molecule has 4 rings (SSSR count). The number of benzene rings is 1. The number of carbonyl (C=O) groups excluding carboxylic acids is 1. The average molecular weight is 390 g/mol. The molecule has 0 atom stereocenters. The van der Waals surface area contributed by atoms with Crippen LogP contribution in [-0.4, -0.2) is 67.8 Å². The van der Waals surface area contributed by atoms with Gasteiger partial charge in [0.25, 0.3) is 0 Å². The number of amides is 1. The molecule has 0 bridgehead atoms. The fourth-order valence-corrected chi connectivity index (χ4v) is 3.29. The Balaban J connectivity index is 1.59. The van der Waals surface area contributed by atoms with Gasteiger partial charge in [0.1, 0.15) is 12.1 Å². The van der Waals surface area contributed by atoms with Crippen LogP contribution in [0.3, 0.4) is 0 Å². The smallest absolute Gasteiger partial charge is 0.223 e. The lowest BCUT2D eigenvalue weighted by Gasteiger charge is -2.35.